The molecule has 7 heteroatoms. The number of nitro groups is 1. The van der Waals surface area contributed by atoms with Gasteiger partial charge in [-0.05, 0) is 24.3 Å². The zero-order valence-corrected chi connectivity index (χ0v) is 12.0. The van der Waals surface area contributed by atoms with Crippen molar-refractivity contribution in [1.82, 2.24) is 5.32 Å². The first kappa shape index (κ1) is 15.7. The molecule has 0 bridgehead atoms. The largest absolute Gasteiger partial charge is 0.345 e. The van der Waals surface area contributed by atoms with Crippen LogP contribution in [0.1, 0.15) is 20.7 Å². The Morgan fingerprint density at radius 2 is 1.73 bits per heavy atom. The number of hydrogen-bond acceptors (Lipinski definition) is 4. The SMILES string of the molecule is O=C(CNC(=O)c1ccccc1Cl)c1ccc([N+](=O)[O-])cc1. The van der Waals surface area contributed by atoms with Crippen molar-refractivity contribution < 1.29 is 14.5 Å². The highest BCUT2D eigenvalue weighted by Crippen LogP contribution is 2.15. The number of amides is 1. The maximum absolute atomic E-state index is 11.9. The molecule has 0 fully saturated rings. The second kappa shape index (κ2) is 6.82. The summed E-state index contributed by atoms with van der Waals surface area (Å²) in [5, 5.41) is 13.3. The fourth-order valence-corrected chi connectivity index (χ4v) is 1.99. The van der Waals surface area contributed by atoms with Crippen LogP contribution in [0.15, 0.2) is 48.5 Å². The number of carbonyl (C=O) groups excluding carboxylic acids is 2. The number of ketones is 1. The van der Waals surface area contributed by atoms with Gasteiger partial charge in [-0.2, -0.15) is 0 Å². The van der Waals surface area contributed by atoms with Crippen molar-refractivity contribution in [2.24, 2.45) is 0 Å². The lowest BCUT2D eigenvalue weighted by molar-refractivity contribution is -0.384. The molecule has 22 heavy (non-hydrogen) atoms. The Labute approximate surface area is 130 Å². The van der Waals surface area contributed by atoms with Crippen LogP contribution in [-0.2, 0) is 0 Å². The van der Waals surface area contributed by atoms with E-state index >= 15 is 0 Å². The third-order valence-electron chi connectivity index (χ3n) is 2.93. The second-order valence-corrected chi connectivity index (χ2v) is 4.80. The topological polar surface area (TPSA) is 89.3 Å². The lowest BCUT2D eigenvalue weighted by atomic mass is 10.1. The van der Waals surface area contributed by atoms with Crippen LogP contribution in [-0.4, -0.2) is 23.2 Å². The standard InChI is InChI=1S/C15H11ClN2O4/c16-13-4-2-1-3-12(13)15(20)17-9-14(19)10-5-7-11(8-6-10)18(21)22/h1-8H,9H2,(H,17,20). The van der Waals surface area contributed by atoms with E-state index in [-0.39, 0.29) is 29.1 Å². The van der Waals surface area contributed by atoms with E-state index in [1.165, 1.54) is 24.3 Å². The van der Waals surface area contributed by atoms with E-state index in [2.05, 4.69) is 5.32 Å². The molecule has 0 saturated carbocycles. The molecule has 6 nitrogen and oxygen atoms in total. The first-order valence-electron chi connectivity index (χ1n) is 6.29. The molecular weight excluding hydrogens is 308 g/mol. The van der Waals surface area contributed by atoms with Gasteiger partial charge in [-0.3, -0.25) is 19.7 Å². The van der Waals surface area contributed by atoms with E-state index in [1.54, 1.807) is 24.3 Å². The van der Waals surface area contributed by atoms with Crippen LogP contribution in [0.25, 0.3) is 0 Å². The molecule has 1 N–H and O–H groups in total. The molecule has 1 amide bonds. The number of nitrogens with zero attached hydrogens (tertiary/aromatic N) is 1. The molecule has 0 atom stereocenters. The molecule has 0 radical (unpaired) electrons. The van der Waals surface area contributed by atoms with Gasteiger partial charge in [-0.15, -0.1) is 0 Å². The maximum atomic E-state index is 11.9. The lowest BCUT2D eigenvalue weighted by Gasteiger charge is -2.06. The molecule has 0 heterocycles. The summed E-state index contributed by atoms with van der Waals surface area (Å²) >= 11 is 5.89. The highest BCUT2D eigenvalue weighted by Gasteiger charge is 2.13. The summed E-state index contributed by atoms with van der Waals surface area (Å²) < 4.78 is 0. The Balaban J connectivity index is 1.99. The van der Waals surface area contributed by atoms with Crippen LogP contribution in [0.4, 0.5) is 5.69 Å². The van der Waals surface area contributed by atoms with Crippen molar-refractivity contribution in [3.63, 3.8) is 0 Å². The van der Waals surface area contributed by atoms with Gasteiger partial charge in [0.1, 0.15) is 0 Å². The zero-order valence-electron chi connectivity index (χ0n) is 11.3. The third-order valence-corrected chi connectivity index (χ3v) is 3.26. The van der Waals surface area contributed by atoms with E-state index in [1.807, 2.05) is 0 Å². The number of non-ortho nitro benzene ring substituents is 1. The molecule has 0 spiro atoms. The van der Waals surface area contributed by atoms with Gasteiger partial charge in [0, 0.05) is 17.7 Å². The predicted octanol–water partition coefficient (Wildman–Crippen LogP) is 2.86. The number of nitro benzene ring substituents is 1. The van der Waals surface area contributed by atoms with Gasteiger partial charge < -0.3 is 5.32 Å². The quantitative estimate of drug-likeness (QED) is 0.521. The predicted molar refractivity (Wildman–Crippen MR) is 81.2 cm³/mol. The summed E-state index contributed by atoms with van der Waals surface area (Å²) in [5.41, 5.74) is 0.461. The monoisotopic (exact) mass is 318 g/mol. The second-order valence-electron chi connectivity index (χ2n) is 4.39. The van der Waals surface area contributed by atoms with Gasteiger partial charge in [0.2, 0.25) is 0 Å². The number of rotatable bonds is 5. The van der Waals surface area contributed by atoms with Gasteiger partial charge in [-0.25, -0.2) is 0 Å². The Bertz CT molecular complexity index is 729. The van der Waals surface area contributed by atoms with E-state index in [4.69, 9.17) is 11.6 Å². The Morgan fingerprint density at radius 1 is 1.09 bits per heavy atom. The van der Waals surface area contributed by atoms with Crippen molar-refractivity contribution in [3.05, 3.63) is 74.8 Å². The molecular formula is C15H11ClN2O4. The van der Waals surface area contributed by atoms with Crippen LogP contribution >= 0.6 is 11.6 Å². The summed E-state index contributed by atoms with van der Waals surface area (Å²) in [6.45, 7) is -0.220. The van der Waals surface area contributed by atoms with Crippen molar-refractivity contribution >= 4 is 29.0 Å². The highest BCUT2D eigenvalue weighted by molar-refractivity contribution is 6.33. The number of hydrogen-bond donors (Lipinski definition) is 1. The highest BCUT2D eigenvalue weighted by atomic mass is 35.5. The first-order valence-corrected chi connectivity index (χ1v) is 6.67. The average Bonchev–Trinajstić information content (AvgIpc) is 2.52. The summed E-state index contributed by atoms with van der Waals surface area (Å²) in [7, 11) is 0. The van der Waals surface area contributed by atoms with E-state index in [9.17, 15) is 19.7 Å². The minimum atomic E-state index is -0.548. The maximum Gasteiger partial charge on any atom is 0.269 e. The van der Waals surface area contributed by atoms with Gasteiger partial charge in [0.15, 0.2) is 5.78 Å². The third kappa shape index (κ3) is 3.67. The lowest BCUT2D eigenvalue weighted by Crippen LogP contribution is -2.29. The Morgan fingerprint density at radius 3 is 2.32 bits per heavy atom. The van der Waals surface area contributed by atoms with Gasteiger partial charge >= 0.3 is 0 Å². The first-order chi connectivity index (χ1) is 10.5. The molecule has 0 aliphatic carbocycles. The summed E-state index contributed by atoms with van der Waals surface area (Å²) in [4.78, 5) is 33.8. The molecule has 0 unspecified atom stereocenters. The van der Waals surface area contributed by atoms with Crippen LogP contribution in [0.3, 0.4) is 0 Å². The van der Waals surface area contributed by atoms with Crippen molar-refractivity contribution in [2.75, 3.05) is 6.54 Å². The van der Waals surface area contributed by atoms with Gasteiger partial charge in [-0.1, -0.05) is 23.7 Å². The smallest absolute Gasteiger partial charge is 0.269 e. The number of carbonyl (C=O) groups is 2. The summed E-state index contributed by atoms with van der Waals surface area (Å²) in [6, 6.07) is 11.7. The van der Waals surface area contributed by atoms with Crippen molar-refractivity contribution in [1.29, 1.82) is 0 Å². The molecule has 2 rings (SSSR count). The fraction of sp³-hybridized carbons (Fsp3) is 0.0667. The van der Waals surface area contributed by atoms with Crippen LogP contribution < -0.4 is 5.32 Å². The number of nitrogens with one attached hydrogen (secondary N) is 1. The van der Waals surface area contributed by atoms with Crippen LogP contribution in [0.5, 0.6) is 0 Å². The van der Waals surface area contributed by atoms with E-state index in [0.717, 1.165) is 0 Å². The van der Waals surface area contributed by atoms with Gasteiger partial charge in [0.25, 0.3) is 11.6 Å². The van der Waals surface area contributed by atoms with E-state index in [0.29, 0.717) is 5.02 Å². The Hall–Kier alpha value is -2.73. The minimum absolute atomic E-state index is 0.100. The average molecular weight is 319 g/mol. The zero-order chi connectivity index (χ0) is 16.1. The van der Waals surface area contributed by atoms with Crippen molar-refractivity contribution in [3.8, 4) is 0 Å². The number of halogens is 1. The molecule has 0 aliphatic rings. The molecule has 0 aromatic heterocycles. The Kier molecular flexibility index (Phi) is 4.85. The fourth-order valence-electron chi connectivity index (χ4n) is 1.77. The van der Waals surface area contributed by atoms with Crippen LogP contribution in [0.2, 0.25) is 5.02 Å². The molecule has 0 saturated heterocycles. The molecule has 2 aromatic rings. The van der Waals surface area contributed by atoms with E-state index < -0.39 is 10.8 Å². The van der Waals surface area contributed by atoms with Crippen molar-refractivity contribution in [2.45, 2.75) is 0 Å². The number of benzene rings is 2. The molecule has 112 valence electrons. The molecule has 2 aromatic carbocycles. The number of Topliss-reactive ketones (excluding diaryl/α,β-unsaturated/α-hetero) is 1. The normalized spacial score (nSPS) is 10.0. The summed E-state index contributed by atoms with van der Waals surface area (Å²) in [6.07, 6.45) is 0. The summed E-state index contributed by atoms with van der Waals surface area (Å²) in [5.74, 6) is -0.809. The molecule has 0 aliphatic heterocycles. The van der Waals surface area contributed by atoms with Gasteiger partial charge in [0.05, 0.1) is 22.1 Å². The minimum Gasteiger partial charge on any atom is -0.345 e. The van der Waals surface area contributed by atoms with Crippen LogP contribution in [0, 0.1) is 10.1 Å².